The molecule has 0 aliphatic carbocycles. The summed E-state index contributed by atoms with van der Waals surface area (Å²) in [5.41, 5.74) is 14.6. The van der Waals surface area contributed by atoms with Crippen molar-refractivity contribution in [3.63, 3.8) is 0 Å². The Kier molecular flexibility index (Phi) is 13.6. The maximum Gasteiger partial charge on any atom is 0.317 e. The molecule has 0 unspecified atom stereocenters. The second kappa shape index (κ2) is 13.1. The van der Waals surface area contributed by atoms with Gasteiger partial charge in [0.1, 0.15) is 11.6 Å². The van der Waals surface area contributed by atoms with Gasteiger partial charge in [-0.3, -0.25) is 4.79 Å². The number of carboxylic acid groups (broad SMARTS) is 1. The van der Waals surface area contributed by atoms with Crippen LogP contribution in [0, 0.1) is 13.8 Å². The van der Waals surface area contributed by atoms with Crippen molar-refractivity contribution >= 4 is 23.1 Å². The fraction of sp³-hybridized carbons (Fsp3) is 0.429. The Bertz CT molecular complexity index is 672. The van der Waals surface area contributed by atoms with Crippen molar-refractivity contribution in [3.05, 3.63) is 33.7 Å². The van der Waals surface area contributed by atoms with E-state index in [0.29, 0.717) is 24.6 Å². The summed E-state index contributed by atoms with van der Waals surface area (Å²) >= 11 is 1.65. The molecule has 0 radical (unpaired) electrons. The van der Waals surface area contributed by atoms with Gasteiger partial charge in [-0.1, -0.05) is 11.3 Å². The summed E-state index contributed by atoms with van der Waals surface area (Å²) in [6, 6.07) is 0. The molecule has 2 heterocycles. The average Bonchev–Trinajstić information content (AvgIpc) is 2.84. The largest absolute Gasteiger partial charge is 1.00 e. The third-order valence-corrected chi connectivity index (χ3v) is 4.17. The number of hydrogen-bond acceptors (Lipinski definition) is 7. The predicted molar refractivity (Wildman–Crippen MR) is 87.0 cm³/mol. The van der Waals surface area contributed by atoms with Crippen molar-refractivity contribution < 1.29 is 51.5 Å². The Morgan fingerprint density at radius 1 is 1.40 bits per heavy atom. The zero-order chi connectivity index (χ0) is 17.4. The minimum absolute atomic E-state index is 0. The van der Waals surface area contributed by atoms with E-state index in [1.165, 1.54) is 4.88 Å². The Morgan fingerprint density at radius 2 is 2.00 bits per heavy atom. The van der Waals surface area contributed by atoms with Gasteiger partial charge in [-0.15, -0.1) is 0 Å². The molecular formula is C14H22ClN5O3SZn. The van der Waals surface area contributed by atoms with Gasteiger partial charge in [-0.05, 0) is 6.92 Å². The molecule has 2 rings (SSSR count). The number of rotatable bonds is 5. The summed E-state index contributed by atoms with van der Waals surface area (Å²) in [7, 11) is 0. The number of aliphatic hydroxyl groups excluding tert-OH is 1. The molecule has 0 saturated carbocycles. The smallest absolute Gasteiger partial charge is 0.317 e. The minimum atomic E-state index is -0.968. The van der Waals surface area contributed by atoms with Gasteiger partial charge in [0, 0.05) is 45.6 Å². The number of hydrogen-bond donors (Lipinski definition) is 4. The number of carbonyl (C=O) groups is 1. The van der Waals surface area contributed by atoms with Crippen molar-refractivity contribution in [1.82, 2.24) is 9.97 Å². The Labute approximate surface area is 169 Å². The van der Waals surface area contributed by atoms with Gasteiger partial charge in [-0.25, -0.2) is 9.97 Å². The zero-order valence-corrected chi connectivity index (χ0v) is 18.8. The third kappa shape index (κ3) is 8.64. The number of thiazole rings is 1. The fourth-order valence-electron chi connectivity index (χ4n) is 1.77. The van der Waals surface area contributed by atoms with Gasteiger partial charge in [0.05, 0.1) is 17.0 Å². The first-order valence-electron chi connectivity index (χ1n) is 6.96. The number of nitrogens with two attached hydrogens (primary N) is 2. The van der Waals surface area contributed by atoms with E-state index < -0.39 is 5.97 Å². The average molecular weight is 441 g/mol. The Morgan fingerprint density at radius 3 is 2.48 bits per heavy atom. The van der Waals surface area contributed by atoms with Gasteiger partial charge in [-0.2, -0.15) is 4.57 Å². The van der Waals surface area contributed by atoms with Crippen molar-refractivity contribution in [1.29, 1.82) is 0 Å². The molecule has 2 aromatic heterocycles. The van der Waals surface area contributed by atoms with E-state index in [-0.39, 0.29) is 45.0 Å². The first-order valence-corrected chi connectivity index (χ1v) is 7.84. The second-order valence-electron chi connectivity index (χ2n) is 4.76. The molecule has 0 aromatic carbocycles. The molecule has 6 N–H and O–H groups in total. The van der Waals surface area contributed by atoms with Gasteiger partial charge >= 0.3 is 5.97 Å². The van der Waals surface area contributed by atoms with Crippen LogP contribution in [-0.4, -0.2) is 39.3 Å². The number of anilines is 1. The molecule has 2 aromatic rings. The number of nitrogen functional groups attached to an aromatic ring is 1. The van der Waals surface area contributed by atoms with E-state index in [4.69, 9.17) is 15.9 Å². The van der Waals surface area contributed by atoms with Crippen LogP contribution in [-0.2, 0) is 37.2 Å². The molecule has 0 aliphatic heterocycles. The van der Waals surface area contributed by atoms with Crippen LogP contribution in [0.3, 0.4) is 0 Å². The fourth-order valence-corrected chi connectivity index (χ4v) is 2.75. The van der Waals surface area contributed by atoms with Crippen LogP contribution in [0.15, 0.2) is 11.7 Å². The number of nitrogens with zero attached hydrogens (tertiary/aromatic N) is 3. The van der Waals surface area contributed by atoms with Crippen molar-refractivity contribution in [2.24, 2.45) is 5.73 Å². The molecule has 0 aliphatic rings. The topological polar surface area (TPSA) is 139 Å². The van der Waals surface area contributed by atoms with Crippen molar-refractivity contribution in [3.8, 4) is 0 Å². The first-order chi connectivity index (χ1) is 10.9. The summed E-state index contributed by atoms with van der Waals surface area (Å²) in [6.45, 7) is 4.44. The van der Waals surface area contributed by atoms with Crippen LogP contribution in [0.2, 0.25) is 0 Å². The summed E-state index contributed by atoms with van der Waals surface area (Å²) in [4.78, 5) is 18.8. The number of aryl methyl sites for hydroxylation is 1. The van der Waals surface area contributed by atoms with Crippen molar-refractivity contribution in [2.75, 3.05) is 18.9 Å². The monoisotopic (exact) mass is 439 g/mol. The van der Waals surface area contributed by atoms with Crippen LogP contribution in [0.5, 0.6) is 0 Å². The molecule has 0 fully saturated rings. The maximum absolute atomic E-state index is 9.24. The molecule has 25 heavy (non-hydrogen) atoms. The Hall–Kier alpha value is -1.19. The van der Waals surface area contributed by atoms with E-state index in [1.807, 2.05) is 19.4 Å². The third-order valence-electron chi connectivity index (χ3n) is 3.03. The standard InChI is InChI=1S/C12H17N4OS.C2H5NO2.ClH.Zn/c1-8-11(3-4-17)18-7-16(8)6-10-5-14-9(2)15-12(10)13;3-1-2(4)5;;/h5,7,17H,3-4,6H2,1-2H3,(H2,13,14,15);1,3H2,(H,4,5);1H;/q+1;;;/p-1. The van der Waals surface area contributed by atoms with Crippen LogP contribution < -0.4 is 28.4 Å². The molecule has 136 valence electrons. The minimum Gasteiger partial charge on any atom is -1.00 e. The van der Waals surface area contributed by atoms with Crippen LogP contribution in [0.1, 0.15) is 22.0 Å². The van der Waals surface area contributed by atoms with E-state index in [0.717, 1.165) is 11.3 Å². The van der Waals surface area contributed by atoms with E-state index in [9.17, 15) is 4.79 Å². The number of aliphatic carboxylic acids is 1. The Balaban J connectivity index is 0. The summed E-state index contributed by atoms with van der Waals surface area (Å²) in [5.74, 6) is 0.249. The van der Waals surface area contributed by atoms with Gasteiger partial charge in [0.2, 0.25) is 5.51 Å². The number of halogens is 1. The van der Waals surface area contributed by atoms with Gasteiger partial charge in [0.25, 0.3) is 0 Å². The molecular weight excluding hydrogens is 419 g/mol. The van der Waals surface area contributed by atoms with Gasteiger partial charge in [0.15, 0.2) is 12.2 Å². The summed E-state index contributed by atoms with van der Waals surface area (Å²) in [6.07, 6.45) is 2.47. The normalized spacial score (nSPS) is 9.28. The van der Waals surface area contributed by atoms with E-state index >= 15 is 0 Å². The molecule has 8 nitrogen and oxygen atoms in total. The zero-order valence-electron chi connectivity index (χ0n) is 14.3. The maximum atomic E-state index is 9.24. The SMILES string of the molecule is Cc1ncc(C[n+]2csc(CCO)c2C)c(N)n1.NCC(=O)O.[Cl-].[Zn]. The predicted octanol–water partition coefficient (Wildman–Crippen LogP) is -3.36. The molecule has 0 spiro atoms. The van der Waals surface area contributed by atoms with E-state index in [2.05, 4.69) is 20.3 Å². The van der Waals surface area contributed by atoms with Crippen LogP contribution in [0.25, 0.3) is 0 Å². The number of carboxylic acids is 1. The quantitative estimate of drug-likeness (QED) is 0.281. The summed E-state index contributed by atoms with van der Waals surface area (Å²) in [5, 5.41) is 16.6. The van der Waals surface area contributed by atoms with Crippen LogP contribution >= 0.6 is 11.3 Å². The summed E-state index contributed by atoms with van der Waals surface area (Å²) < 4.78 is 2.11. The van der Waals surface area contributed by atoms with Crippen molar-refractivity contribution in [2.45, 2.75) is 26.8 Å². The molecule has 0 atom stereocenters. The van der Waals surface area contributed by atoms with E-state index in [1.54, 1.807) is 17.5 Å². The number of aliphatic hydroxyl groups is 1. The molecule has 11 heteroatoms. The second-order valence-corrected chi connectivity index (χ2v) is 5.70. The molecule has 0 bridgehead atoms. The molecule has 0 amide bonds. The first kappa shape index (κ1) is 26.0. The van der Waals surface area contributed by atoms with Gasteiger partial charge < -0.3 is 34.1 Å². The number of aromatic nitrogens is 3. The molecule has 0 saturated heterocycles. The van der Waals surface area contributed by atoms with Crippen LogP contribution in [0.4, 0.5) is 5.82 Å².